The van der Waals surface area contributed by atoms with Gasteiger partial charge < -0.3 is 19.5 Å². The van der Waals surface area contributed by atoms with Crippen molar-refractivity contribution in [1.29, 1.82) is 0 Å². The number of halogens is 1. The second-order valence-electron chi connectivity index (χ2n) is 6.95. The summed E-state index contributed by atoms with van der Waals surface area (Å²) >= 11 is 6.09. The third kappa shape index (κ3) is 4.20. The van der Waals surface area contributed by atoms with E-state index in [0.717, 1.165) is 4.68 Å². The number of benzene rings is 3. The first-order chi connectivity index (χ1) is 16.0. The summed E-state index contributed by atoms with van der Waals surface area (Å²) in [7, 11) is 4.49. The molecule has 168 valence electrons. The Bertz CT molecular complexity index is 1420. The highest BCUT2D eigenvalue weighted by Gasteiger charge is 2.20. The summed E-state index contributed by atoms with van der Waals surface area (Å²) in [5.41, 5.74) is 0.389. The maximum atomic E-state index is 13.3. The van der Waals surface area contributed by atoms with Gasteiger partial charge >= 0.3 is 0 Å². The number of methoxy groups -OCH3 is 3. The third-order valence-corrected chi connectivity index (χ3v) is 5.28. The number of amides is 1. The molecule has 0 fully saturated rings. The molecule has 0 saturated carbocycles. The zero-order valence-electron chi connectivity index (χ0n) is 18.1. The highest BCUT2D eigenvalue weighted by atomic mass is 35.5. The number of fused-ring (bicyclic) bond motifs is 1. The van der Waals surface area contributed by atoms with Gasteiger partial charge in [0.25, 0.3) is 11.5 Å². The van der Waals surface area contributed by atoms with E-state index in [9.17, 15) is 9.59 Å². The largest absolute Gasteiger partial charge is 0.497 e. The standard InChI is InChI=1S/C24H20ClN3O5/c1-31-15-9-10-19(21(13-15)33-3)28-24(30)17-7-5-4-6-16(17)22(27-28)23(29)26-18-12-14(25)8-11-20(18)32-2/h4-13H,1-3H3,(H,26,29). The van der Waals surface area contributed by atoms with E-state index in [-0.39, 0.29) is 5.69 Å². The van der Waals surface area contributed by atoms with Crippen molar-refractivity contribution < 1.29 is 19.0 Å². The molecular weight excluding hydrogens is 446 g/mol. The van der Waals surface area contributed by atoms with Gasteiger partial charge in [-0.25, -0.2) is 0 Å². The van der Waals surface area contributed by atoms with Crippen molar-refractivity contribution >= 4 is 34.0 Å². The molecule has 0 spiro atoms. The lowest BCUT2D eigenvalue weighted by atomic mass is 10.1. The zero-order chi connectivity index (χ0) is 23.5. The normalized spacial score (nSPS) is 10.7. The third-order valence-electron chi connectivity index (χ3n) is 5.04. The SMILES string of the molecule is COc1ccc(-n2nc(C(=O)Nc3cc(Cl)ccc3OC)c3ccccc3c2=O)c(OC)c1. The average Bonchev–Trinajstić information content (AvgIpc) is 2.84. The van der Waals surface area contributed by atoms with E-state index < -0.39 is 11.5 Å². The predicted molar refractivity (Wildman–Crippen MR) is 126 cm³/mol. The van der Waals surface area contributed by atoms with Crippen LogP contribution in [0.4, 0.5) is 5.69 Å². The van der Waals surface area contributed by atoms with Gasteiger partial charge in [-0.1, -0.05) is 29.8 Å². The van der Waals surface area contributed by atoms with E-state index in [1.54, 1.807) is 60.7 Å². The molecule has 0 aliphatic heterocycles. The number of nitrogens with one attached hydrogen (secondary N) is 1. The first-order valence-electron chi connectivity index (χ1n) is 9.86. The van der Waals surface area contributed by atoms with Gasteiger partial charge in [0.2, 0.25) is 0 Å². The Hall–Kier alpha value is -4.04. The highest BCUT2D eigenvalue weighted by Crippen LogP contribution is 2.30. The number of ether oxygens (including phenoxy) is 3. The van der Waals surface area contributed by atoms with Crippen LogP contribution in [0.2, 0.25) is 5.02 Å². The molecule has 1 heterocycles. The second-order valence-corrected chi connectivity index (χ2v) is 7.38. The smallest absolute Gasteiger partial charge is 0.279 e. The molecule has 3 aromatic carbocycles. The molecule has 33 heavy (non-hydrogen) atoms. The van der Waals surface area contributed by atoms with Gasteiger partial charge in [0.1, 0.15) is 22.9 Å². The summed E-state index contributed by atoms with van der Waals surface area (Å²) in [4.78, 5) is 26.6. The van der Waals surface area contributed by atoms with Crippen LogP contribution in [-0.2, 0) is 0 Å². The minimum absolute atomic E-state index is 0.0464. The minimum atomic E-state index is -0.534. The van der Waals surface area contributed by atoms with Crippen molar-refractivity contribution in [3.05, 3.63) is 81.7 Å². The van der Waals surface area contributed by atoms with Crippen LogP contribution in [0.3, 0.4) is 0 Å². The number of rotatable bonds is 6. The number of hydrogen-bond donors (Lipinski definition) is 1. The molecule has 8 nitrogen and oxygen atoms in total. The van der Waals surface area contributed by atoms with Crippen LogP contribution in [0.25, 0.3) is 16.5 Å². The van der Waals surface area contributed by atoms with E-state index in [0.29, 0.717) is 44.4 Å². The van der Waals surface area contributed by atoms with Crippen LogP contribution in [0.1, 0.15) is 10.5 Å². The topological polar surface area (TPSA) is 91.7 Å². The molecule has 1 amide bonds. The fourth-order valence-electron chi connectivity index (χ4n) is 3.44. The van der Waals surface area contributed by atoms with E-state index in [4.69, 9.17) is 25.8 Å². The number of aromatic nitrogens is 2. The molecule has 0 unspecified atom stereocenters. The molecule has 0 saturated heterocycles. The van der Waals surface area contributed by atoms with Gasteiger partial charge in [0.05, 0.1) is 32.4 Å². The van der Waals surface area contributed by atoms with Crippen molar-refractivity contribution in [3.8, 4) is 22.9 Å². The van der Waals surface area contributed by atoms with Gasteiger partial charge in [-0.3, -0.25) is 9.59 Å². The summed E-state index contributed by atoms with van der Waals surface area (Å²) < 4.78 is 17.1. The van der Waals surface area contributed by atoms with Crippen LogP contribution in [-0.4, -0.2) is 37.0 Å². The van der Waals surface area contributed by atoms with Crippen LogP contribution < -0.4 is 25.1 Å². The molecule has 4 aromatic rings. The first kappa shape index (κ1) is 22.2. The van der Waals surface area contributed by atoms with E-state index in [1.165, 1.54) is 21.3 Å². The molecule has 0 aliphatic rings. The van der Waals surface area contributed by atoms with Gasteiger partial charge in [-0.05, 0) is 36.4 Å². The number of carbonyl (C=O) groups excluding carboxylic acids is 1. The van der Waals surface area contributed by atoms with Crippen molar-refractivity contribution in [3.63, 3.8) is 0 Å². The number of carbonyl (C=O) groups is 1. The summed E-state index contributed by atoms with van der Waals surface area (Å²) in [6, 6.07) is 16.6. The lowest BCUT2D eigenvalue weighted by Gasteiger charge is -2.15. The molecule has 1 aromatic heterocycles. The first-order valence-corrected chi connectivity index (χ1v) is 10.2. The maximum absolute atomic E-state index is 13.3. The summed E-state index contributed by atoms with van der Waals surface area (Å²) in [5.74, 6) is 0.813. The molecule has 4 rings (SSSR count). The Kier molecular flexibility index (Phi) is 6.19. The molecule has 0 radical (unpaired) electrons. The summed E-state index contributed by atoms with van der Waals surface area (Å²) in [5, 5.41) is 8.35. The Morgan fingerprint density at radius 3 is 2.33 bits per heavy atom. The van der Waals surface area contributed by atoms with Gasteiger partial charge in [-0.15, -0.1) is 0 Å². The lowest BCUT2D eigenvalue weighted by Crippen LogP contribution is -2.27. The van der Waals surface area contributed by atoms with Crippen molar-refractivity contribution in [1.82, 2.24) is 9.78 Å². The zero-order valence-corrected chi connectivity index (χ0v) is 18.8. The van der Waals surface area contributed by atoms with Crippen LogP contribution in [0.15, 0.2) is 65.5 Å². The second kappa shape index (κ2) is 9.22. The average molecular weight is 466 g/mol. The minimum Gasteiger partial charge on any atom is -0.497 e. The molecular formula is C24H20ClN3O5. The molecule has 9 heteroatoms. The Balaban J connectivity index is 1.90. The molecule has 1 N–H and O–H groups in total. The van der Waals surface area contributed by atoms with Crippen molar-refractivity contribution in [2.24, 2.45) is 0 Å². The van der Waals surface area contributed by atoms with E-state index in [2.05, 4.69) is 10.4 Å². The van der Waals surface area contributed by atoms with Gasteiger partial charge in [0.15, 0.2) is 5.69 Å². The van der Waals surface area contributed by atoms with Gasteiger partial charge in [0, 0.05) is 16.5 Å². The van der Waals surface area contributed by atoms with Crippen molar-refractivity contribution in [2.45, 2.75) is 0 Å². The van der Waals surface area contributed by atoms with Gasteiger partial charge in [-0.2, -0.15) is 9.78 Å². The highest BCUT2D eigenvalue weighted by molar-refractivity contribution is 6.31. The Morgan fingerprint density at radius 2 is 1.64 bits per heavy atom. The molecule has 0 atom stereocenters. The van der Waals surface area contributed by atoms with E-state index >= 15 is 0 Å². The maximum Gasteiger partial charge on any atom is 0.279 e. The Morgan fingerprint density at radius 1 is 0.909 bits per heavy atom. The molecule has 0 bridgehead atoms. The number of hydrogen-bond acceptors (Lipinski definition) is 6. The summed E-state index contributed by atoms with van der Waals surface area (Å²) in [6.07, 6.45) is 0. The monoisotopic (exact) mass is 465 g/mol. The summed E-state index contributed by atoms with van der Waals surface area (Å²) in [6.45, 7) is 0. The predicted octanol–water partition coefficient (Wildman–Crippen LogP) is 4.32. The quantitative estimate of drug-likeness (QED) is 0.456. The Labute approximate surface area is 194 Å². The molecule has 0 aliphatic carbocycles. The fourth-order valence-corrected chi connectivity index (χ4v) is 3.61. The lowest BCUT2D eigenvalue weighted by molar-refractivity contribution is 0.102. The fraction of sp³-hybridized carbons (Fsp3) is 0.125. The number of nitrogens with zero attached hydrogens (tertiary/aromatic N) is 2. The van der Waals surface area contributed by atoms with E-state index in [1.807, 2.05) is 0 Å². The van der Waals surface area contributed by atoms with Crippen molar-refractivity contribution in [2.75, 3.05) is 26.6 Å². The number of anilines is 1. The van der Waals surface area contributed by atoms with Crippen LogP contribution in [0.5, 0.6) is 17.2 Å². The van der Waals surface area contributed by atoms with Crippen LogP contribution >= 0.6 is 11.6 Å². The van der Waals surface area contributed by atoms with Crippen LogP contribution in [0, 0.1) is 0 Å².